The van der Waals surface area contributed by atoms with Crippen molar-refractivity contribution in [2.45, 2.75) is 52.1 Å². The van der Waals surface area contributed by atoms with Crippen molar-refractivity contribution < 1.29 is 34.4 Å². The third kappa shape index (κ3) is 1.67. The minimum Gasteiger partial charge on any atom is -0.459 e. The number of esters is 1. The van der Waals surface area contributed by atoms with Crippen LogP contribution >= 0.6 is 0 Å². The Morgan fingerprint density at radius 1 is 1.08 bits per heavy atom. The lowest BCUT2D eigenvalue weighted by atomic mass is 9.39. The highest BCUT2D eigenvalue weighted by Gasteiger charge is 2.76. The third-order valence-corrected chi connectivity index (χ3v) is 7.70. The van der Waals surface area contributed by atoms with E-state index in [-0.39, 0.29) is 0 Å². The van der Waals surface area contributed by atoms with Crippen molar-refractivity contribution in [3.05, 3.63) is 11.6 Å². The van der Waals surface area contributed by atoms with Gasteiger partial charge in [-0.25, -0.2) is 0 Å². The number of carbonyl (C=O) groups excluding carboxylic acids is 3. The van der Waals surface area contributed by atoms with Crippen LogP contribution in [0.3, 0.4) is 0 Å². The Balaban J connectivity index is 2.00. The third-order valence-electron chi connectivity index (χ3n) is 7.70. The van der Waals surface area contributed by atoms with E-state index in [1.807, 2.05) is 0 Å². The van der Waals surface area contributed by atoms with Gasteiger partial charge in [-0.2, -0.15) is 0 Å². The van der Waals surface area contributed by atoms with Crippen molar-refractivity contribution in [1.82, 2.24) is 0 Å². The first kappa shape index (κ1) is 17.8. The number of aliphatic hydroxyl groups excluding tert-OH is 3. The Kier molecular flexibility index (Phi) is 3.45. The molecule has 0 spiro atoms. The monoisotopic (exact) mass is 364 g/mol. The molecular formula is C19H24O7. The molecule has 10 atom stereocenters. The second-order valence-electron chi connectivity index (χ2n) is 8.84. The highest BCUT2D eigenvalue weighted by Crippen LogP contribution is 2.66. The van der Waals surface area contributed by atoms with Gasteiger partial charge in [0.25, 0.3) is 0 Å². The van der Waals surface area contributed by atoms with Gasteiger partial charge < -0.3 is 20.1 Å². The van der Waals surface area contributed by atoms with Gasteiger partial charge in [-0.15, -0.1) is 0 Å². The molecule has 0 aromatic carbocycles. The Morgan fingerprint density at radius 3 is 2.31 bits per heavy atom. The van der Waals surface area contributed by atoms with Crippen LogP contribution in [-0.2, 0) is 19.1 Å². The average Bonchev–Trinajstić information content (AvgIpc) is 2.80. The predicted molar refractivity (Wildman–Crippen MR) is 87.5 cm³/mol. The highest BCUT2D eigenvalue weighted by molar-refractivity contribution is 6.00. The van der Waals surface area contributed by atoms with Crippen LogP contribution in [-0.4, -0.2) is 57.3 Å². The molecule has 0 unspecified atom stereocenters. The van der Waals surface area contributed by atoms with E-state index in [0.717, 1.165) is 0 Å². The molecule has 2 saturated carbocycles. The maximum atomic E-state index is 13.3. The number of hydrogen-bond acceptors (Lipinski definition) is 7. The van der Waals surface area contributed by atoms with E-state index in [2.05, 4.69) is 0 Å². The molecule has 26 heavy (non-hydrogen) atoms. The van der Waals surface area contributed by atoms with Crippen LogP contribution in [0.25, 0.3) is 0 Å². The van der Waals surface area contributed by atoms with E-state index in [9.17, 15) is 29.7 Å². The van der Waals surface area contributed by atoms with Gasteiger partial charge in [-0.1, -0.05) is 26.3 Å². The summed E-state index contributed by atoms with van der Waals surface area (Å²) in [6.07, 6.45) is -3.70. The zero-order chi connectivity index (χ0) is 19.3. The van der Waals surface area contributed by atoms with Crippen molar-refractivity contribution in [2.24, 2.45) is 34.5 Å². The Hall–Kier alpha value is -1.57. The van der Waals surface area contributed by atoms with E-state index >= 15 is 0 Å². The number of carbonyl (C=O) groups is 3. The summed E-state index contributed by atoms with van der Waals surface area (Å²) in [5.41, 5.74) is -2.22. The SMILES string of the molecule is CC1=CC(=O)[C@H](O)[C@@]2(C)[C@H]1[C@H](O)C(=O)[C@@]1(C)[C@@H]3C(=O)O[C@@H]([C@H]3C)[C@H](O)[C@@H]12. The second-order valence-corrected chi connectivity index (χ2v) is 8.84. The Morgan fingerprint density at radius 2 is 1.69 bits per heavy atom. The number of rotatable bonds is 0. The molecule has 1 aliphatic heterocycles. The molecule has 4 rings (SSSR count). The molecule has 7 heteroatoms. The van der Waals surface area contributed by atoms with Gasteiger partial charge >= 0.3 is 5.97 Å². The minimum atomic E-state index is -1.49. The summed E-state index contributed by atoms with van der Waals surface area (Å²) in [6.45, 7) is 6.56. The summed E-state index contributed by atoms with van der Waals surface area (Å²) in [5, 5.41) is 32.7. The number of hydrogen-bond donors (Lipinski definition) is 3. The number of fused-ring (bicyclic) bond motifs is 6. The molecular weight excluding hydrogens is 340 g/mol. The van der Waals surface area contributed by atoms with Crippen molar-refractivity contribution >= 4 is 17.5 Å². The van der Waals surface area contributed by atoms with Gasteiger partial charge in [0.1, 0.15) is 18.3 Å². The molecule has 3 aliphatic carbocycles. The van der Waals surface area contributed by atoms with E-state index in [1.165, 1.54) is 6.08 Å². The smallest absolute Gasteiger partial charge is 0.310 e. The summed E-state index contributed by atoms with van der Waals surface area (Å²) >= 11 is 0. The molecule has 3 N–H and O–H groups in total. The van der Waals surface area contributed by atoms with Gasteiger partial charge in [0.2, 0.25) is 0 Å². The van der Waals surface area contributed by atoms with Crippen LogP contribution in [0.1, 0.15) is 27.7 Å². The highest BCUT2D eigenvalue weighted by atomic mass is 16.6. The molecule has 3 fully saturated rings. The fraction of sp³-hybridized carbons (Fsp3) is 0.737. The van der Waals surface area contributed by atoms with Crippen LogP contribution in [0.15, 0.2) is 11.6 Å². The maximum Gasteiger partial charge on any atom is 0.310 e. The Bertz CT molecular complexity index is 757. The molecule has 0 aromatic rings. The fourth-order valence-corrected chi connectivity index (χ4v) is 6.73. The standard InChI is InChI=1S/C19H24O7/c1-6-5-8(20)15(23)18(3)9(6)11(21)16(24)19(4)10-7(2)13(26-17(10)25)12(22)14(18)19/h5,7,9-15,21-23H,1-4H3/t7-,9+,10-,11-,12-,13-,14+,15-,18-,19-/m0/s1. The topological polar surface area (TPSA) is 121 Å². The van der Waals surface area contributed by atoms with Gasteiger partial charge in [-0.3, -0.25) is 14.4 Å². The van der Waals surface area contributed by atoms with E-state index in [1.54, 1.807) is 27.7 Å². The van der Waals surface area contributed by atoms with E-state index in [4.69, 9.17) is 4.74 Å². The number of ketones is 2. The fourth-order valence-electron chi connectivity index (χ4n) is 6.73. The second kappa shape index (κ2) is 5.03. The molecule has 4 aliphatic rings. The lowest BCUT2D eigenvalue weighted by Crippen LogP contribution is -2.73. The lowest BCUT2D eigenvalue weighted by molar-refractivity contribution is -0.224. The molecule has 142 valence electrons. The first-order valence-electron chi connectivity index (χ1n) is 9.00. The number of aliphatic hydroxyl groups is 3. The molecule has 7 nitrogen and oxygen atoms in total. The molecule has 0 radical (unpaired) electrons. The van der Waals surface area contributed by atoms with Crippen molar-refractivity contribution in [1.29, 1.82) is 0 Å². The quantitative estimate of drug-likeness (QED) is 0.501. The number of Topliss-reactive ketones (excluding diaryl/α,β-unsaturated/α-hetero) is 1. The van der Waals surface area contributed by atoms with Crippen LogP contribution in [0.4, 0.5) is 0 Å². The molecule has 1 heterocycles. The van der Waals surface area contributed by atoms with Crippen molar-refractivity contribution in [3.8, 4) is 0 Å². The van der Waals surface area contributed by atoms with Crippen molar-refractivity contribution in [3.63, 3.8) is 0 Å². The number of ether oxygens (including phenoxy) is 1. The Labute approximate surface area is 151 Å². The van der Waals surface area contributed by atoms with Crippen LogP contribution in [0, 0.1) is 34.5 Å². The normalized spacial score (nSPS) is 55.8. The van der Waals surface area contributed by atoms with Crippen molar-refractivity contribution in [2.75, 3.05) is 0 Å². The first-order valence-corrected chi connectivity index (χ1v) is 9.00. The summed E-state index contributed by atoms with van der Waals surface area (Å²) in [4.78, 5) is 38.1. The molecule has 0 amide bonds. The predicted octanol–water partition coefficient (Wildman–Crippen LogP) is -0.383. The van der Waals surface area contributed by atoms with Gasteiger partial charge in [-0.05, 0) is 13.0 Å². The summed E-state index contributed by atoms with van der Waals surface area (Å²) in [5.74, 6) is -4.55. The van der Waals surface area contributed by atoms with Gasteiger partial charge in [0, 0.05) is 28.6 Å². The maximum absolute atomic E-state index is 13.3. The van der Waals surface area contributed by atoms with E-state index < -0.39 is 76.5 Å². The average molecular weight is 364 g/mol. The van der Waals surface area contributed by atoms with E-state index in [0.29, 0.717) is 5.57 Å². The summed E-state index contributed by atoms with van der Waals surface area (Å²) in [6, 6.07) is 0. The summed E-state index contributed by atoms with van der Waals surface area (Å²) in [7, 11) is 0. The lowest BCUT2D eigenvalue weighted by Gasteiger charge is -2.63. The first-order chi connectivity index (χ1) is 12.0. The minimum absolute atomic E-state index is 0.400. The van der Waals surface area contributed by atoms with Crippen LogP contribution in [0.2, 0.25) is 0 Å². The van der Waals surface area contributed by atoms with Gasteiger partial charge in [0.15, 0.2) is 11.6 Å². The summed E-state index contributed by atoms with van der Waals surface area (Å²) < 4.78 is 5.36. The largest absolute Gasteiger partial charge is 0.459 e. The molecule has 2 bridgehead atoms. The zero-order valence-corrected chi connectivity index (χ0v) is 15.2. The van der Waals surface area contributed by atoms with Crippen LogP contribution in [0.5, 0.6) is 0 Å². The zero-order valence-electron chi connectivity index (χ0n) is 15.2. The van der Waals surface area contributed by atoms with Crippen LogP contribution < -0.4 is 0 Å². The molecule has 0 aromatic heterocycles. The van der Waals surface area contributed by atoms with Gasteiger partial charge in [0.05, 0.1) is 12.0 Å². The molecule has 1 saturated heterocycles.